The van der Waals surface area contributed by atoms with Crippen molar-refractivity contribution in [2.45, 2.75) is 12.5 Å². The number of carbonyl (C=O) groups excluding carboxylic acids is 2. The number of nitrogens with one attached hydrogen (secondary N) is 2. The molecule has 2 amide bonds. The number of carboxylic acid groups (broad SMARTS) is 3. The molecule has 0 radical (unpaired) electrons. The quantitative estimate of drug-likeness (QED) is 0.0407. The van der Waals surface area contributed by atoms with E-state index >= 15 is 0 Å². The lowest BCUT2D eigenvalue weighted by molar-refractivity contribution is -0.139. The summed E-state index contributed by atoms with van der Waals surface area (Å²) in [6.45, 7) is -0.104. The summed E-state index contributed by atoms with van der Waals surface area (Å²) in [7, 11) is 0. The summed E-state index contributed by atoms with van der Waals surface area (Å²) < 4.78 is 11.9. The van der Waals surface area contributed by atoms with Gasteiger partial charge in [-0.15, -0.1) is 0 Å². The van der Waals surface area contributed by atoms with Gasteiger partial charge in [0.1, 0.15) is 23.1 Å². The van der Waals surface area contributed by atoms with E-state index in [-0.39, 0.29) is 63.3 Å². The summed E-state index contributed by atoms with van der Waals surface area (Å²) >= 11 is 0. The predicted molar refractivity (Wildman–Crippen MR) is 252 cm³/mol. The highest BCUT2D eigenvalue weighted by molar-refractivity contribution is 6.13. The van der Waals surface area contributed by atoms with Crippen LogP contribution in [0.5, 0.6) is 5.75 Å². The molecule has 332 valence electrons. The first-order chi connectivity index (χ1) is 32.8. The fourth-order valence-electron chi connectivity index (χ4n) is 8.16. The molecule has 0 saturated carbocycles. The lowest BCUT2D eigenvalue weighted by atomic mass is 9.90. The number of hydrogen-bond acceptors (Lipinski definition) is 8. The summed E-state index contributed by atoms with van der Waals surface area (Å²) in [5, 5.41) is 47.8. The van der Waals surface area contributed by atoms with Gasteiger partial charge in [0.25, 0.3) is 11.8 Å². The predicted octanol–water partition coefficient (Wildman–Crippen LogP) is 8.72. The van der Waals surface area contributed by atoms with Gasteiger partial charge in [0.05, 0.1) is 28.4 Å². The second kappa shape index (κ2) is 18.1. The monoisotopic (exact) mass is 903 g/mol. The first-order valence-corrected chi connectivity index (χ1v) is 20.9. The number of carbonyl (C=O) groups is 5. The minimum atomic E-state index is -1.37. The first kappa shape index (κ1) is 43.6. The van der Waals surface area contributed by atoms with Crippen molar-refractivity contribution in [2.75, 3.05) is 6.54 Å². The zero-order chi connectivity index (χ0) is 47.6. The fraction of sp³-hybridized carbons (Fsp3) is 0.0556. The molecule has 1 aliphatic carbocycles. The van der Waals surface area contributed by atoms with Crippen molar-refractivity contribution < 1.29 is 53.2 Å². The normalized spacial score (nSPS) is 11.5. The van der Waals surface area contributed by atoms with Crippen LogP contribution >= 0.6 is 0 Å². The maximum atomic E-state index is 13.5. The Morgan fingerprint density at radius 3 is 1.85 bits per heavy atom. The van der Waals surface area contributed by atoms with Crippen LogP contribution in [0.4, 0.5) is 0 Å². The summed E-state index contributed by atoms with van der Waals surface area (Å²) in [6, 6.07) is 36.6. The molecule has 2 aliphatic rings. The van der Waals surface area contributed by atoms with E-state index in [9.17, 15) is 49.2 Å². The van der Waals surface area contributed by atoms with Gasteiger partial charge in [0.2, 0.25) is 0 Å². The standard InChI is InChI=1S/C54H34N2O12/c57-33-17-21-39-46(27-33)68-47-28-34(58)18-22-40(47)49(39)36-19-15-31(25-41(36)52(61)62)50(59)55-23-5-6-29-11-13-30(14-12-29)24-43(54(65)66)56-51(60)32-16-20-35(42(26-32)53(63)64)48-37-7-1-3-9-44(37)67-45-10-4-2-8-38(45)48/h1-4,7-22,25-28,43H,23-24H2,(H5-,55,56,57,58,59,60,61,62,63,64,65,66)/p+1/t43-/m0/s1. The molecular formula is C54H35N2O12+. The van der Waals surface area contributed by atoms with Crippen LogP contribution < -0.4 is 16.1 Å². The van der Waals surface area contributed by atoms with Crippen molar-refractivity contribution in [2.24, 2.45) is 0 Å². The van der Waals surface area contributed by atoms with Crippen LogP contribution in [0.2, 0.25) is 0 Å². The molecular weight excluding hydrogens is 869 g/mol. The molecule has 2 heterocycles. The van der Waals surface area contributed by atoms with E-state index in [0.29, 0.717) is 60.7 Å². The molecule has 0 bridgehead atoms. The van der Waals surface area contributed by atoms with E-state index in [4.69, 9.17) is 8.83 Å². The minimum Gasteiger partial charge on any atom is -0.508 e. The zero-order valence-corrected chi connectivity index (χ0v) is 35.4. The Morgan fingerprint density at radius 2 is 1.22 bits per heavy atom. The van der Waals surface area contributed by atoms with Crippen molar-refractivity contribution in [1.82, 2.24) is 10.6 Å². The van der Waals surface area contributed by atoms with Crippen LogP contribution in [0, 0.1) is 11.8 Å². The summed E-state index contributed by atoms with van der Waals surface area (Å²) in [6.07, 6.45) is -0.103. The highest BCUT2D eigenvalue weighted by atomic mass is 16.4. The number of hydrogen-bond donors (Lipinski definition) is 6. The van der Waals surface area contributed by atoms with Crippen molar-refractivity contribution in [1.29, 1.82) is 0 Å². The number of aliphatic carboxylic acids is 1. The van der Waals surface area contributed by atoms with E-state index in [1.54, 1.807) is 42.5 Å². The van der Waals surface area contributed by atoms with Crippen LogP contribution in [-0.2, 0) is 11.2 Å². The SMILES string of the molecule is O=C(NCC#Cc1ccc(C[C@H](NC(=O)c2ccc(-c3c4ccccc4[o+]c4ccccc34)c(C(=O)O)c2)C(=O)O)cc1)c1ccc(-c2c3ccc(=O)cc-3oc3cc(O)ccc23)c(C(=O)O)c1. The van der Waals surface area contributed by atoms with Gasteiger partial charge < -0.3 is 35.5 Å². The van der Waals surface area contributed by atoms with E-state index in [0.717, 1.165) is 0 Å². The Balaban J connectivity index is 0.868. The van der Waals surface area contributed by atoms with Gasteiger partial charge >= 0.3 is 29.1 Å². The van der Waals surface area contributed by atoms with Crippen molar-refractivity contribution in [3.8, 4) is 51.2 Å². The van der Waals surface area contributed by atoms with Crippen molar-refractivity contribution in [3.05, 3.63) is 189 Å². The van der Waals surface area contributed by atoms with Gasteiger partial charge in [0.15, 0.2) is 5.43 Å². The number of aromatic carboxylic acids is 2. The number of phenols is 1. The van der Waals surface area contributed by atoms with Crippen LogP contribution in [0.3, 0.4) is 0 Å². The molecule has 0 unspecified atom stereocenters. The number of amides is 2. The highest BCUT2D eigenvalue weighted by Gasteiger charge is 2.27. The topological polar surface area (TPSA) is 232 Å². The van der Waals surface area contributed by atoms with Crippen molar-refractivity contribution >= 4 is 62.6 Å². The van der Waals surface area contributed by atoms with E-state index < -0.39 is 35.8 Å². The molecule has 1 aliphatic heterocycles. The second-order valence-electron chi connectivity index (χ2n) is 15.7. The molecule has 6 N–H and O–H groups in total. The maximum absolute atomic E-state index is 13.5. The third-order valence-corrected chi connectivity index (χ3v) is 11.3. The van der Waals surface area contributed by atoms with Gasteiger partial charge in [-0.1, -0.05) is 60.4 Å². The molecule has 68 heavy (non-hydrogen) atoms. The minimum absolute atomic E-state index is 0.0433. The third-order valence-electron chi connectivity index (χ3n) is 11.3. The number of para-hydroxylation sites is 2. The van der Waals surface area contributed by atoms with Crippen LogP contribution in [0.1, 0.15) is 52.6 Å². The third kappa shape index (κ3) is 8.65. The van der Waals surface area contributed by atoms with Crippen LogP contribution in [0.15, 0.2) is 159 Å². The fourth-order valence-corrected chi connectivity index (χ4v) is 8.16. The smallest absolute Gasteiger partial charge is 0.361 e. The number of phenolic OH excluding ortho intramolecular Hbond substituents is 1. The molecule has 14 heteroatoms. The molecule has 7 aromatic rings. The number of benzene rings is 7. The Bertz CT molecular complexity index is 3610. The average molecular weight is 904 g/mol. The lowest BCUT2D eigenvalue weighted by Gasteiger charge is -2.17. The van der Waals surface area contributed by atoms with Gasteiger partial charge in [-0.3, -0.25) is 14.4 Å². The largest absolute Gasteiger partial charge is 0.508 e. The molecule has 14 nitrogen and oxygen atoms in total. The molecule has 1 atom stereocenters. The van der Waals surface area contributed by atoms with Crippen molar-refractivity contribution in [3.63, 3.8) is 0 Å². The molecule has 0 saturated heterocycles. The highest BCUT2D eigenvalue weighted by Crippen LogP contribution is 2.42. The molecule has 1 aromatic heterocycles. The van der Waals surface area contributed by atoms with E-state index in [1.165, 1.54) is 66.7 Å². The Kier molecular flexibility index (Phi) is 11.6. The first-order valence-electron chi connectivity index (χ1n) is 20.9. The number of carboxylic acids is 3. The van der Waals surface area contributed by atoms with Gasteiger partial charge in [-0.2, -0.15) is 0 Å². The molecule has 0 fully saturated rings. The molecule has 6 aromatic carbocycles. The van der Waals surface area contributed by atoms with E-state index in [1.807, 2.05) is 36.4 Å². The molecule has 9 rings (SSSR count). The van der Waals surface area contributed by atoms with Crippen LogP contribution in [-0.4, -0.2) is 62.7 Å². The summed E-state index contributed by atoms with van der Waals surface area (Å²) in [5.74, 6) is 0.597. The maximum Gasteiger partial charge on any atom is 0.361 e. The Hall–Kier alpha value is -9.61. The Morgan fingerprint density at radius 1 is 0.618 bits per heavy atom. The van der Waals surface area contributed by atoms with Crippen LogP contribution in [0.25, 0.3) is 66.5 Å². The zero-order valence-electron chi connectivity index (χ0n) is 35.4. The average Bonchev–Trinajstić information content (AvgIpc) is 3.33. The lowest BCUT2D eigenvalue weighted by Crippen LogP contribution is -2.42. The summed E-state index contributed by atoms with van der Waals surface area (Å²) in [4.78, 5) is 76.5. The number of rotatable bonds is 11. The second-order valence-corrected chi connectivity index (χ2v) is 15.7. The number of fused-ring (bicyclic) bond motifs is 4. The summed E-state index contributed by atoms with van der Waals surface area (Å²) in [5.41, 5.74) is 3.87. The van der Waals surface area contributed by atoms with Gasteiger partial charge in [-0.05, 0) is 89.5 Å². The van der Waals surface area contributed by atoms with Gasteiger partial charge in [0, 0.05) is 69.5 Å². The number of aromatic hydroxyl groups is 1. The van der Waals surface area contributed by atoms with Gasteiger partial charge in [-0.25, -0.2) is 18.8 Å². The molecule has 0 spiro atoms. The Labute approximate surface area is 384 Å². The van der Waals surface area contributed by atoms with E-state index in [2.05, 4.69) is 22.5 Å².